The van der Waals surface area contributed by atoms with Crippen molar-refractivity contribution in [3.8, 4) is 0 Å². The predicted molar refractivity (Wildman–Crippen MR) is 122 cm³/mol. The molecule has 5 atom stereocenters. The first kappa shape index (κ1) is 29.5. The van der Waals surface area contributed by atoms with Crippen molar-refractivity contribution < 1.29 is 34.2 Å². The third-order valence-electron chi connectivity index (χ3n) is 5.00. The quantitative estimate of drug-likeness (QED) is 0.100. The van der Waals surface area contributed by atoms with Gasteiger partial charge in [-0.1, -0.05) is 6.42 Å². The van der Waals surface area contributed by atoms with Crippen molar-refractivity contribution in [1.29, 1.82) is 0 Å². The zero-order chi connectivity index (χ0) is 26.5. The third kappa shape index (κ3) is 10.5. The number of H-pyrrole nitrogens is 1. The van der Waals surface area contributed by atoms with Crippen LogP contribution in [0.1, 0.15) is 38.3 Å². The Morgan fingerprint density at radius 3 is 2.23 bits per heavy atom. The van der Waals surface area contributed by atoms with Gasteiger partial charge in [-0.15, -0.1) is 0 Å². The normalized spacial score (nSPS) is 15.2. The summed E-state index contributed by atoms with van der Waals surface area (Å²) in [5.41, 5.74) is 16.8. The summed E-state index contributed by atoms with van der Waals surface area (Å²) in [6.45, 7) is 1.62. The zero-order valence-electron chi connectivity index (χ0n) is 19.4. The lowest BCUT2D eigenvalue weighted by atomic mass is 10.1. The number of carboxylic acid groups (broad SMARTS) is 1. The molecule has 5 unspecified atom stereocenters. The van der Waals surface area contributed by atoms with Crippen LogP contribution in [0, 0.1) is 0 Å². The number of aromatic amines is 1. The number of imidazole rings is 1. The molecular formula is C20H34N8O7. The van der Waals surface area contributed by atoms with Crippen molar-refractivity contribution in [3.63, 3.8) is 0 Å². The fourth-order valence-corrected chi connectivity index (χ4v) is 3.07. The molecule has 15 nitrogen and oxygen atoms in total. The highest BCUT2D eigenvalue weighted by Gasteiger charge is 2.33. The summed E-state index contributed by atoms with van der Waals surface area (Å²) in [6, 6.07) is -5.44. The van der Waals surface area contributed by atoms with Crippen molar-refractivity contribution in [2.75, 3.05) is 6.54 Å². The lowest BCUT2D eigenvalue weighted by Gasteiger charge is -2.26. The molecule has 0 aliphatic heterocycles. The fraction of sp³-hybridized carbons (Fsp3) is 0.600. The maximum absolute atomic E-state index is 12.8. The van der Waals surface area contributed by atoms with Crippen LogP contribution in [0.5, 0.6) is 0 Å². The van der Waals surface area contributed by atoms with Crippen LogP contribution < -0.4 is 33.2 Å². The molecule has 0 bridgehead atoms. The highest BCUT2D eigenvalue weighted by molar-refractivity contribution is 5.96. The second-order valence-corrected chi connectivity index (χ2v) is 8.03. The summed E-state index contributed by atoms with van der Waals surface area (Å²) < 4.78 is 0. The number of aromatic nitrogens is 2. The van der Waals surface area contributed by atoms with Gasteiger partial charge >= 0.3 is 5.97 Å². The van der Waals surface area contributed by atoms with E-state index in [1.807, 2.05) is 0 Å². The Hall–Kier alpha value is -3.56. The van der Waals surface area contributed by atoms with E-state index in [2.05, 4.69) is 25.9 Å². The molecule has 0 aliphatic carbocycles. The average Bonchev–Trinajstić information content (AvgIpc) is 3.28. The number of nitrogens with zero attached hydrogens (tertiary/aromatic N) is 1. The summed E-state index contributed by atoms with van der Waals surface area (Å²) in [5, 5.41) is 26.3. The van der Waals surface area contributed by atoms with E-state index in [4.69, 9.17) is 17.2 Å². The molecule has 4 amide bonds. The van der Waals surface area contributed by atoms with E-state index in [0.717, 1.165) is 0 Å². The molecule has 12 N–H and O–H groups in total. The Kier molecular flexibility index (Phi) is 12.3. The van der Waals surface area contributed by atoms with E-state index >= 15 is 0 Å². The van der Waals surface area contributed by atoms with Crippen LogP contribution in [-0.4, -0.2) is 86.6 Å². The van der Waals surface area contributed by atoms with Crippen LogP contribution in [0.4, 0.5) is 0 Å². The van der Waals surface area contributed by atoms with Crippen LogP contribution >= 0.6 is 0 Å². The number of hydrogen-bond acceptors (Lipinski definition) is 9. The predicted octanol–water partition coefficient (Wildman–Crippen LogP) is -3.80. The van der Waals surface area contributed by atoms with Crippen LogP contribution in [0.15, 0.2) is 12.5 Å². The van der Waals surface area contributed by atoms with Crippen LogP contribution in [0.2, 0.25) is 0 Å². The molecule has 0 spiro atoms. The highest BCUT2D eigenvalue weighted by atomic mass is 16.4. The first-order valence-corrected chi connectivity index (χ1v) is 11.0. The maximum Gasteiger partial charge on any atom is 0.326 e. The third-order valence-corrected chi connectivity index (χ3v) is 5.00. The molecule has 0 saturated heterocycles. The summed E-state index contributed by atoms with van der Waals surface area (Å²) in [7, 11) is 0. The molecule has 0 radical (unpaired) electrons. The number of unbranched alkanes of at least 4 members (excludes halogenated alkanes) is 1. The van der Waals surface area contributed by atoms with Gasteiger partial charge in [-0.2, -0.15) is 0 Å². The first-order chi connectivity index (χ1) is 16.5. The van der Waals surface area contributed by atoms with Crippen molar-refractivity contribution in [2.24, 2.45) is 17.2 Å². The topological polar surface area (TPSA) is 269 Å². The number of carbonyl (C=O) groups is 5. The number of rotatable bonds is 16. The molecule has 1 aromatic heterocycles. The van der Waals surface area contributed by atoms with Crippen LogP contribution in [0.3, 0.4) is 0 Å². The lowest BCUT2D eigenvalue weighted by Crippen LogP contribution is -2.60. The maximum atomic E-state index is 12.8. The summed E-state index contributed by atoms with van der Waals surface area (Å²) >= 11 is 0. The van der Waals surface area contributed by atoms with Crippen molar-refractivity contribution in [1.82, 2.24) is 25.9 Å². The van der Waals surface area contributed by atoms with Gasteiger partial charge in [0.15, 0.2) is 0 Å². The van der Waals surface area contributed by atoms with Gasteiger partial charge in [-0.05, 0) is 26.3 Å². The number of nitrogens with one attached hydrogen (secondary N) is 4. The number of hydrogen-bond donors (Lipinski definition) is 9. The van der Waals surface area contributed by atoms with E-state index < -0.39 is 66.3 Å². The standard InChI is InChI=1S/C20H34N8O7/c1-10(29)16(19(33)27-14(20(34)35)6-11-8-24-9-25-11)28-18(32)13(7-15(23)30)26-17(31)12(22)4-2-3-5-21/h8-10,12-14,16,29H,2-7,21-22H2,1H3,(H2,23,30)(H,24,25)(H,26,31)(H,27,33)(H,28,32)(H,34,35). The number of nitrogens with two attached hydrogens (primary N) is 3. The smallest absolute Gasteiger partial charge is 0.326 e. The van der Waals surface area contributed by atoms with Gasteiger partial charge < -0.3 is 48.3 Å². The summed E-state index contributed by atoms with van der Waals surface area (Å²) in [4.78, 5) is 67.3. The summed E-state index contributed by atoms with van der Waals surface area (Å²) in [6.07, 6.45) is 2.05. The van der Waals surface area contributed by atoms with Gasteiger partial charge in [0.25, 0.3) is 0 Å². The SMILES string of the molecule is CC(O)C(NC(=O)C(CC(N)=O)NC(=O)C(N)CCCCN)C(=O)NC(Cc1cnc[nH]1)C(=O)O. The fourth-order valence-electron chi connectivity index (χ4n) is 3.07. The molecule has 1 rings (SSSR count). The van der Waals surface area contributed by atoms with Crippen molar-refractivity contribution in [2.45, 2.75) is 69.3 Å². The number of aliphatic hydroxyl groups is 1. The molecule has 196 valence electrons. The number of amides is 4. The average molecular weight is 499 g/mol. The molecule has 35 heavy (non-hydrogen) atoms. The molecule has 0 fully saturated rings. The molecule has 15 heteroatoms. The Morgan fingerprint density at radius 1 is 1.06 bits per heavy atom. The molecule has 0 aromatic carbocycles. The monoisotopic (exact) mass is 498 g/mol. The van der Waals surface area contributed by atoms with E-state index in [-0.39, 0.29) is 6.42 Å². The van der Waals surface area contributed by atoms with Gasteiger partial charge in [0.1, 0.15) is 18.1 Å². The minimum absolute atomic E-state index is 0.135. The van der Waals surface area contributed by atoms with Gasteiger partial charge in [0.05, 0.1) is 24.9 Å². The Bertz CT molecular complexity index is 862. The van der Waals surface area contributed by atoms with Gasteiger partial charge in [0.2, 0.25) is 23.6 Å². The Labute approximate surface area is 201 Å². The highest BCUT2D eigenvalue weighted by Crippen LogP contribution is 2.04. The Morgan fingerprint density at radius 2 is 1.71 bits per heavy atom. The van der Waals surface area contributed by atoms with Crippen molar-refractivity contribution in [3.05, 3.63) is 18.2 Å². The van der Waals surface area contributed by atoms with E-state index in [0.29, 0.717) is 31.5 Å². The minimum Gasteiger partial charge on any atom is -0.480 e. The van der Waals surface area contributed by atoms with E-state index in [1.165, 1.54) is 19.4 Å². The summed E-state index contributed by atoms with van der Waals surface area (Å²) in [5.74, 6) is -4.97. The number of carboxylic acids is 1. The Balaban J connectivity index is 2.89. The molecule has 1 heterocycles. The lowest BCUT2D eigenvalue weighted by molar-refractivity contribution is -0.143. The number of primary amides is 1. The van der Waals surface area contributed by atoms with E-state index in [1.54, 1.807) is 0 Å². The van der Waals surface area contributed by atoms with Crippen LogP contribution in [-0.2, 0) is 30.4 Å². The second-order valence-electron chi connectivity index (χ2n) is 8.03. The molecule has 1 aromatic rings. The van der Waals surface area contributed by atoms with Crippen molar-refractivity contribution >= 4 is 29.6 Å². The molecular weight excluding hydrogens is 464 g/mol. The molecule has 0 aliphatic rings. The van der Waals surface area contributed by atoms with Gasteiger partial charge in [0, 0.05) is 18.3 Å². The second kappa shape index (κ2) is 14.6. The van der Waals surface area contributed by atoms with Gasteiger partial charge in [-0.3, -0.25) is 19.2 Å². The first-order valence-electron chi connectivity index (χ1n) is 11.0. The number of aliphatic hydroxyl groups excluding tert-OH is 1. The number of carbonyl (C=O) groups excluding carboxylic acids is 4. The molecule has 0 saturated carbocycles. The zero-order valence-corrected chi connectivity index (χ0v) is 19.4. The largest absolute Gasteiger partial charge is 0.480 e. The van der Waals surface area contributed by atoms with Gasteiger partial charge in [-0.25, -0.2) is 9.78 Å². The minimum atomic E-state index is -1.60. The number of aliphatic carboxylic acids is 1. The van der Waals surface area contributed by atoms with Crippen LogP contribution in [0.25, 0.3) is 0 Å². The van der Waals surface area contributed by atoms with E-state index in [9.17, 15) is 34.2 Å².